The molecule has 0 bridgehead atoms. The normalized spacial score (nSPS) is 10.9. The molecule has 2 aromatic rings. The summed E-state index contributed by atoms with van der Waals surface area (Å²) < 4.78 is 32.7. The van der Waals surface area contributed by atoms with Crippen LogP contribution in [0.25, 0.3) is 6.08 Å². The molecule has 7 heteroatoms. The van der Waals surface area contributed by atoms with Crippen LogP contribution >= 0.6 is 15.9 Å². The van der Waals surface area contributed by atoms with Crippen LogP contribution in [0, 0.1) is 0 Å². The molecule has 0 aliphatic carbocycles. The Morgan fingerprint density at radius 2 is 1.87 bits per heavy atom. The van der Waals surface area contributed by atoms with Crippen LogP contribution in [-0.2, 0) is 14.8 Å². The number of ether oxygens (including phenoxy) is 1. The Balaban J connectivity index is 2.44. The van der Waals surface area contributed by atoms with Crippen LogP contribution in [0.5, 0.6) is 0 Å². The number of rotatable bonds is 5. The van der Waals surface area contributed by atoms with Gasteiger partial charge in [-0.3, -0.25) is 4.72 Å². The molecular formula is C16H14BrNO4S. The lowest BCUT2D eigenvalue weighted by atomic mass is 10.1. The highest BCUT2D eigenvalue weighted by Gasteiger charge is 2.19. The summed E-state index contributed by atoms with van der Waals surface area (Å²) in [4.78, 5) is 12.0. The molecule has 2 aromatic carbocycles. The number of hydrogen-bond acceptors (Lipinski definition) is 4. The fourth-order valence-electron chi connectivity index (χ4n) is 1.87. The Hall–Kier alpha value is -2.12. The van der Waals surface area contributed by atoms with E-state index in [4.69, 9.17) is 4.74 Å². The average molecular weight is 396 g/mol. The summed E-state index contributed by atoms with van der Waals surface area (Å²) in [5, 5.41) is 0. The SMILES string of the molecule is C=Cc1ccc(NS(=O)(=O)c2ccc(Br)cc2)c(C(=O)OC)c1. The number of hydrogen-bond donors (Lipinski definition) is 1. The van der Waals surface area contributed by atoms with E-state index in [1.807, 2.05) is 0 Å². The fourth-order valence-corrected chi connectivity index (χ4v) is 3.22. The molecule has 0 fully saturated rings. The molecular weight excluding hydrogens is 382 g/mol. The molecule has 0 spiro atoms. The van der Waals surface area contributed by atoms with Gasteiger partial charge in [0.25, 0.3) is 10.0 Å². The van der Waals surface area contributed by atoms with E-state index in [0.717, 1.165) is 4.47 Å². The number of anilines is 1. The minimum absolute atomic E-state index is 0.0873. The second-order valence-corrected chi connectivity index (χ2v) is 7.16. The molecule has 0 unspecified atom stereocenters. The number of sulfonamides is 1. The maximum atomic E-state index is 12.4. The summed E-state index contributed by atoms with van der Waals surface area (Å²) in [6.45, 7) is 3.62. The summed E-state index contributed by atoms with van der Waals surface area (Å²) >= 11 is 3.25. The highest BCUT2D eigenvalue weighted by atomic mass is 79.9. The third-order valence-electron chi connectivity index (χ3n) is 3.05. The van der Waals surface area contributed by atoms with Gasteiger partial charge in [0.2, 0.25) is 0 Å². The van der Waals surface area contributed by atoms with Crippen molar-refractivity contribution in [3.63, 3.8) is 0 Å². The van der Waals surface area contributed by atoms with Crippen molar-refractivity contribution in [2.75, 3.05) is 11.8 Å². The predicted molar refractivity (Wildman–Crippen MR) is 92.8 cm³/mol. The number of halogens is 1. The Morgan fingerprint density at radius 3 is 2.43 bits per heavy atom. The monoisotopic (exact) mass is 395 g/mol. The molecule has 1 N–H and O–H groups in total. The number of esters is 1. The quantitative estimate of drug-likeness (QED) is 0.783. The van der Waals surface area contributed by atoms with Crippen molar-refractivity contribution in [2.45, 2.75) is 4.90 Å². The molecule has 0 saturated carbocycles. The Bertz CT molecular complexity index is 845. The maximum Gasteiger partial charge on any atom is 0.340 e. The number of carbonyl (C=O) groups is 1. The van der Waals surface area contributed by atoms with E-state index in [1.165, 1.54) is 31.4 Å². The van der Waals surface area contributed by atoms with Gasteiger partial charge >= 0.3 is 5.97 Å². The Labute approximate surface area is 143 Å². The van der Waals surface area contributed by atoms with E-state index >= 15 is 0 Å². The van der Waals surface area contributed by atoms with Crippen molar-refractivity contribution in [1.82, 2.24) is 0 Å². The predicted octanol–water partition coefficient (Wildman–Crippen LogP) is 3.68. The first-order chi connectivity index (χ1) is 10.9. The van der Waals surface area contributed by atoms with Crippen LogP contribution in [0.2, 0.25) is 0 Å². The minimum Gasteiger partial charge on any atom is -0.465 e. The second kappa shape index (κ2) is 6.97. The molecule has 120 valence electrons. The molecule has 0 saturated heterocycles. The van der Waals surface area contributed by atoms with Crippen LogP contribution in [-0.4, -0.2) is 21.5 Å². The fraction of sp³-hybridized carbons (Fsp3) is 0.0625. The summed E-state index contributed by atoms with van der Waals surface area (Å²) in [6.07, 6.45) is 1.56. The van der Waals surface area contributed by atoms with Crippen molar-refractivity contribution in [3.05, 3.63) is 64.6 Å². The lowest BCUT2D eigenvalue weighted by Crippen LogP contribution is -2.16. The van der Waals surface area contributed by atoms with Gasteiger partial charge in [0, 0.05) is 4.47 Å². The van der Waals surface area contributed by atoms with Gasteiger partial charge in [-0.15, -0.1) is 0 Å². The van der Waals surface area contributed by atoms with Gasteiger partial charge < -0.3 is 4.74 Å². The van der Waals surface area contributed by atoms with E-state index in [1.54, 1.807) is 24.3 Å². The molecule has 0 heterocycles. The zero-order chi connectivity index (χ0) is 17.0. The van der Waals surface area contributed by atoms with Gasteiger partial charge in [-0.2, -0.15) is 0 Å². The third-order valence-corrected chi connectivity index (χ3v) is 4.96. The lowest BCUT2D eigenvalue weighted by molar-refractivity contribution is 0.0602. The second-order valence-electron chi connectivity index (χ2n) is 4.56. The zero-order valence-electron chi connectivity index (χ0n) is 12.2. The van der Waals surface area contributed by atoms with Crippen molar-refractivity contribution in [2.24, 2.45) is 0 Å². The zero-order valence-corrected chi connectivity index (χ0v) is 14.6. The first kappa shape index (κ1) is 17.2. The maximum absolute atomic E-state index is 12.4. The molecule has 0 aliphatic rings. The van der Waals surface area contributed by atoms with Crippen LogP contribution in [0.1, 0.15) is 15.9 Å². The van der Waals surface area contributed by atoms with Gasteiger partial charge in [0.15, 0.2) is 0 Å². The highest BCUT2D eigenvalue weighted by Crippen LogP contribution is 2.23. The van der Waals surface area contributed by atoms with Crippen LogP contribution < -0.4 is 4.72 Å². The number of methoxy groups -OCH3 is 1. The van der Waals surface area contributed by atoms with E-state index in [0.29, 0.717) is 5.56 Å². The number of benzene rings is 2. The van der Waals surface area contributed by atoms with Crippen LogP contribution in [0.3, 0.4) is 0 Å². The molecule has 0 aromatic heterocycles. The molecule has 0 aliphatic heterocycles. The van der Waals surface area contributed by atoms with Gasteiger partial charge in [0.05, 0.1) is 23.3 Å². The topological polar surface area (TPSA) is 72.5 Å². The summed E-state index contributed by atoms with van der Waals surface area (Å²) in [7, 11) is -2.59. The molecule has 0 atom stereocenters. The van der Waals surface area contributed by atoms with E-state index in [2.05, 4.69) is 27.2 Å². The van der Waals surface area contributed by atoms with Crippen molar-refractivity contribution in [3.8, 4) is 0 Å². The lowest BCUT2D eigenvalue weighted by Gasteiger charge is -2.12. The summed E-state index contributed by atoms with van der Waals surface area (Å²) in [6, 6.07) is 10.8. The van der Waals surface area contributed by atoms with E-state index in [9.17, 15) is 13.2 Å². The summed E-state index contributed by atoms with van der Waals surface area (Å²) in [5.41, 5.74) is 0.938. The Morgan fingerprint density at radius 1 is 1.22 bits per heavy atom. The van der Waals surface area contributed by atoms with Gasteiger partial charge in [-0.1, -0.05) is 34.7 Å². The molecule has 0 radical (unpaired) electrons. The first-order valence-electron chi connectivity index (χ1n) is 6.50. The summed E-state index contributed by atoms with van der Waals surface area (Å²) in [5.74, 6) is -0.637. The van der Waals surface area contributed by atoms with Crippen LogP contribution in [0.15, 0.2) is 58.4 Å². The smallest absolute Gasteiger partial charge is 0.340 e. The largest absolute Gasteiger partial charge is 0.465 e. The van der Waals surface area contributed by atoms with Crippen molar-refractivity contribution < 1.29 is 17.9 Å². The molecule has 2 rings (SSSR count). The van der Waals surface area contributed by atoms with Gasteiger partial charge in [-0.25, -0.2) is 13.2 Å². The molecule has 5 nitrogen and oxygen atoms in total. The standard InChI is InChI=1S/C16H14BrNO4S/c1-3-11-4-9-15(14(10-11)16(19)22-2)18-23(20,21)13-7-5-12(17)6-8-13/h3-10,18H,1H2,2H3. The van der Waals surface area contributed by atoms with Gasteiger partial charge in [0.1, 0.15) is 0 Å². The molecule has 23 heavy (non-hydrogen) atoms. The Kier molecular flexibility index (Phi) is 5.23. The van der Waals surface area contributed by atoms with E-state index in [-0.39, 0.29) is 16.1 Å². The van der Waals surface area contributed by atoms with E-state index < -0.39 is 16.0 Å². The van der Waals surface area contributed by atoms with Crippen LogP contribution in [0.4, 0.5) is 5.69 Å². The van der Waals surface area contributed by atoms with Crippen molar-refractivity contribution >= 4 is 43.7 Å². The number of nitrogens with one attached hydrogen (secondary N) is 1. The average Bonchev–Trinajstić information content (AvgIpc) is 2.54. The third kappa shape index (κ3) is 4.00. The minimum atomic E-state index is -3.82. The first-order valence-corrected chi connectivity index (χ1v) is 8.78. The number of carbonyl (C=O) groups excluding carboxylic acids is 1. The highest BCUT2D eigenvalue weighted by molar-refractivity contribution is 9.10. The molecule has 0 amide bonds. The van der Waals surface area contributed by atoms with Gasteiger partial charge in [-0.05, 0) is 42.0 Å². The van der Waals surface area contributed by atoms with Crippen molar-refractivity contribution in [1.29, 1.82) is 0 Å².